The van der Waals surface area contributed by atoms with Crippen LogP contribution in [0.4, 0.5) is 14.3 Å². The lowest BCUT2D eigenvalue weighted by molar-refractivity contribution is -0.146. The molecule has 25 heavy (non-hydrogen) atoms. The van der Waals surface area contributed by atoms with Crippen molar-refractivity contribution < 1.29 is 19.1 Å². The zero-order valence-electron chi connectivity index (χ0n) is 13.7. The number of hydrogen-bond acceptors (Lipinski definition) is 4. The van der Waals surface area contributed by atoms with Crippen LogP contribution in [0.15, 0.2) is 30.5 Å². The fourth-order valence-corrected chi connectivity index (χ4v) is 3.58. The first-order valence-corrected chi connectivity index (χ1v) is 8.66. The number of benzene rings is 1. The Morgan fingerprint density at radius 3 is 2.88 bits per heavy atom. The number of rotatable bonds is 4. The normalized spacial score (nSPS) is 19.8. The fraction of sp³-hybridized carbons (Fsp3) is 0.353. The van der Waals surface area contributed by atoms with Gasteiger partial charge in [-0.3, -0.25) is 10.1 Å². The third-order valence-corrected chi connectivity index (χ3v) is 5.28. The first kappa shape index (κ1) is 17.3. The SMILES string of the molecule is CC1(C(=O)O)CCN(C(=O)Nc2ncc(Cc3ccccc3F)s2)C1. The van der Waals surface area contributed by atoms with Crippen molar-refractivity contribution >= 4 is 28.5 Å². The number of halogens is 1. The summed E-state index contributed by atoms with van der Waals surface area (Å²) in [5.41, 5.74) is -0.336. The van der Waals surface area contributed by atoms with E-state index < -0.39 is 11.4 Å². The van der Waals surface area contributed by atoms with Crippen LogP contribution in [0.1, 0.15) is 23.8 Å². The highest BCUT2D eigenvalue weighted by Gasteiger charge is 2.42. The molecule has 1 aliphatic heterocycles. The first-order valence-electron chi connectivity index (χ1n) is 7.85. The van der Waals surface area contributed by atoms with Crippen molar-refractivity contribution in [2.24, 2.45) is 5.41 Å². The highest BCUT2D eigenvalue weighted by Crippen LogP contribution is 2.31. The summed E-state index contributed by atoms with van der Waals surface area (Å²) in [6, 6.07) is 6.17. The lowest BCUT2D eigenvalue weighted by Gasteiger charge is -2.19. The van der Waals surface area contributed by atoms with Crippen molar-refractivity contribution in [1.82, 2.24) is 9.88 Å². The van der Waals surface area contributed by atoms with E-state index in [0.29, 0.717) is 30.1 Å². The second kappa shape index (κ2) is 6.79. The van der Waals surface area contributed by atoms with Gasteiger partial charge in [0.05, 0.1) is 5.41 Å². The Bertz CT molecular complexity index is 810. The standard InChI is InChI=1S/C17H18FN3O3S/c1-17(14(22)23)6-7-21(10-17)16(24)20-15-19-9-12(25-15)8-11-4-2-3-5-13(11)18/h2-5,9H,6-8,10H2,1H3,(H,22,23)(H,19,20,24). The van der Waals surface area contributed by atoms with Crippen LogP contribution in [-0.4, -0.2) is 40.1 Å². The van der Waals surface area contributed by atoms with Gasteiger partial charge in [0.1, 0.15) is 5.82 Å². The highest BCUT2D eigenvalue weighted by atomic mass is 32.1. The molecule has 2 heterocycles. The van der Waals surface area contributed by atoms with Crippen molar-refractivity contribution in [2.45, 2.75) is 19.8 Å². The van der Waals surface area contributed by atoms with Gasteiger partial charge in [-0.25, -0.2) is 14.2 Å². The summed E-state index contributed by atoms with van der Waals surface area (Å²) in [4.78, 5) is 30.0. The quantitative estimate of drug-likeness (QED) is 0.874. The summed E-state index contributed by atoms with van der Waals surface area (Å²) in [5.74, 6) is -1.17. The fourth-order valence-electron chi connectivity index (χ4n) is 2.76. The van der Waals surface area contributed by atoms with E-state index in [1.165, 1.54) is 22.3 Å². The summed E-state index contributed by atoms with van der Waals surface area (Å²) in [6.45, 7) is 2.20. The predicted octanol–water partition coefficient (Wildman–Crippen LogP) is 3.20. The number of carboxylic acids is 1. The summed E-state index contributed by atoms with van der Waals surface area (Å²) >= 11 is 1.28. The number of amides is 2. The third kappa shape index (κ3) is 3.79. The Balaban J connectivity index is 1.61. The van der Waals surface area contributed by atoms with Gasteiger partial charge in [0.15, 0.2) is 5.13 Å². The minimum absolute atomic E-state index is 0.168. The zero-order valence-corrected chi connectivity index (χ0v) is 14.5. The zero-order chi connectivity index (χ0) is 18.0. The van der Waals surface area contributed by atoms with Gasteiger partial charge in [-0.15, -0.1) is 11.3 Å². The lowest BCUT2D eigenvalue weighted by Crippen LogP contribution is -2.37. The van der Waals surface area contributed by atoms with Crippen molar-refractivity contribution in [3.8, 4) is 0 Å². The molecule has 8 heteroatoms. The largest absolute Gasteiger partial charge is 0.481 e. The molecule has 6 nitrogen and oxygen atoms in total. The first-order chi connectivity index (χ1) is 11.9. The second-order valence-electron chi connectivity index (χ2n) is 6.37. The van der Waals surface area contributed by atoms with Gasteiger partial charge < -0.3 is 10.0 Å². The Morgan fingerprint density at radius 2 is 2.20 bits per heavy atom. The molecule has 1 aromatic carbocycles. The molecule has 1 saturated heterocycles. The number of aliphatic carboxylic acids is 1. The molecule has 3 rings (SSSR count). The van der Waals surface area contributed by atoms with E-state index in [1.54, 1.807) is 31.3 Å². The topological polar surface area (TPSA) is 82.5 Å². The van der Waals surface area contributed by atoms with Crippen LogP contribution in [0.5, 0.6) is 0 Å². The van der Waals surface area contributed by atoms with Gasteiger partial charge >= 0.3 is 12.0 Å². The Labute approximate surface area is 148 Å². The summed E-state index contributed by atoms with van der Waals surface area (Å²) in [6.07, 6.45) is 2.44. The Kier molecular flexibility index (Phi) is 4.71. The molecule has 1 aliphatic rings. The van der Waals surface area contributed by atoms with Gasteiger partial charge in [-0.05, 0) is 25.0 Å². The van der Waals surface area contributed by atoms with Crippen molar-refractivity contribution in [3.05, 3.63) is 46.7 Å². The van der Waals surface area contributed by atoms with Gasteiger partial charge in [-0.2, -0.15) is 0 Å². The van der Waals surface area contributed by atoms with E-state index in [1.807, 2.05) is 0 Å². The monoisotopic (exact) mass is 363 g/mol. The van der Waals surface area contributed by atoms with Crippen LogP contribution >= 0.6 is 11.3 Å². The maximum Gasteiger partial charge on any atom is 0.323 e. The number of nitrogens with zero attached hydrogens (tertiary/aromatic N) is 2. The van der Waals surface area contributed by atoms with Crippen molar-refractivity contribution in [3.63, 3.8) is 0 Å². The lowest BCUT2D eigenvalue weighted by atomic mass is 9.90. The average Bonchev–Trinajstić information content (AvgIpc) is 3.17. The van der Waals surface area contributed by atoms with Crippen molar-refractivity contribution in [1.29, 1.82) is 0 Å². The molecule has 0 saturated carbocycles. The molecular weight excluding hydrogens is 345 g/mol. The number of urea groups is 1. The number of thiazole rings is 1. The van der Waals surface area contributed by atoms with Crippen LogP contribution in [-0.2, 0) is 11.2 Å². The molecule has 0 aliphatic carbocycles. The Morgan fingerprint density at radius 1 is 1.44 bits per heavy atom. The van der Waals surface area contributed by atoms with Gasteiger partial charge in [-0.1, -0.05) is 18.2 Å². The van der Waals surface area contributed by atoms with E-state index in [2.05, 4.69) is 10.3 Å². The molecule has 1 unspecified atom stereocenters. The molecule has 132 valence electrons. The predicted molar refractivity (Wildman–Crippen MR) is 92.3 cm³/mol. The molecule has 2 aromatic rings. The molecule has 0 bridgehead atoms. The molecule has 1 aromatic heterocycles. The van der Waals surface area contributed by atoms with E-state index >= 15 is 0 Å². The number of aromatic nitrogens is 1. The van der Waals surface area contributed by atoms with Crippen LogP contribution < -0.4 is 5.32 Å². The number of carbonyl (C=O) groups is 2. The van der Waals surface area contributed by atoms with E-state index in [-0.39, 0.29) is 18.4 Å². The van der Waals surface area contributed by atoms with Crippen LogP contribution in [0.25, 0.3) is 0 Å². The number of carboxylic acid groups (broad SMARTS) is 1. The Hall–Kier alpha value is -2.48. The van der Waals surface area contributed by atoms with Gasteiger partial charge in [0.2, 0.25) is 0 Å². The molecule has 2 amide bonds. The van der Waals surface area contributed by atoms with Gasteiger partial charge in [0, 0.05) is 30.6 Å². The smallest absolute Gasteiger partial charge is 0.323 e. The van der Waals surface area contributed by atoms with E-state index in [0.717, 1.165) is 4.88 Å². The van der Waals surface area contributed by atoms with Gasteiger partial charge in [0.25, 0.3) is 0 Å². The average molecular weight is 363 g/mol. The summed E-state index contributed by atoms with van der Waals surface area (Å²) < 4.78 is 13.7. The molecule has 1 atom stereocenters. The minimum Gasteiger partial charge on any atom is -0.481 e. The molecule has 2 N–H and O–H groups in total. The molecular formula is C17H18FN3O3S. The van der Waals surface area contributed by atoms with Crippen LogP contribution in [0.2, 0.25) is 0 Å². The second-order valence-corrected chi connectivity index (χ2v) is 7.48. The highest BCUT2D eigenvalue weighted by molar-refractivity contribution is 7.15. The number of hydrogen-bond donors (Lipinski definition) is 2. The minimum atomic E-state index is -0.907. The molecule has 0 spiro atoms. The van der Waals surface area contributed by atoms with E-state index in [9.17, 15) is 19.1 Å². The molecule has 0 radical (unpaired) electrons. The number of anilines is 1. The maximum absolute atomic E-state index is 13.7. The number of carbonyl (C=O) groups excluding carboxylic acids is 1. The summed E-state index contributed by atoms with van der Waals surface area (Å²) in [7, 11) is 0. The molecule has 1 fully saturated rings. The van der Waals surface area contributed by atoms with Crippen molar-refractivity contribution in [2.75, 3.05) is 18.4 Å². The summed E-state index contributed by atoms with van der Waals surface area (Å²) in [5, 5.41) is 12.3. The van der Waals surface area contributed by atoms with Crippen LogP contribution in [0.3, 0.4) is 0 Å². The number of nitrogens with one attached hydrogen (secondary N) is 1. The maximum atomic E-state index is 13.7. The number of likely N-dealkylation sites (tertiary alicyclic amines) is 1. The van der Waals surface area contributed by atoms with Crippen LogP contribution in [0, 0.1) is 11.2 Å². The third-order valence-electron chi connectivity index (χ3n) is 4.37. The van der Waals surface area contributed by atoms with E-state index in [4.69, 9.17) is 0 Å².